The molecule has 1 unspecified atom stereocenters. The normalized spacial score (nSPS) is 12.5. The number of thioether (sulfide) groups is 1. The standard InChI is InChI=1S/C12H14F2O2S/c1-8(4-5-15)17-7-12(16)9-2-3-10(13)11(14)6-9/h2-3,6,8,15H,4-5,7H2,1H3. The van der Waals surface area contributed by atoms with Gasteiger partial charge in [0.1, 0.15) is 0 Å². The van der Waals surface area contributed by atoms with Gasteiger partial charge in [0.15, 0.2) is 17.4 Å². The molecule has 2 nitrogen and oxygen atoms in total. The van der Waals surface area contributed by atoms with Gasteiger partial charge in [-0.3, -0.25) is 4.79 Å². The van der Waals surface area contributed by atoms with Gasteiger partial charge in [-0.05, 0) is 24.6 Å². The van der Waals surface area contributed by atoms with Crippen LogP contribution in [0.1, 0.15) is 23.7 Å². The van der Waals surface area contributed by atoms with Crippen molar-refractivity contribution in [3.05, 3.63) is 35.4 Å². The molecule has 0 saturated heterocycles. The summed E-state index contributed by atoms with van der Waals surface area (Å²) in [4.78, 5) is 11.6. The lowest BCUT2D eigenvalue weighted by Crippen LogP contribution is -2.08. The summed E-state index contributed by atoms with van der Waals surface area (Å²) in [6.45, 7) is 1.98. The predicted octanol–water partition coefficient (Wildman–Crippen LogP) is 2.65. The molecule has 0 aliphatic carbocycles. The molecular formula is C12H14F2O2S. The maximum Gasteiger partial charge on any atom is 0.172 e. The summed E-state index contributed by atoms with van der Waals surface area (Å²) in [6, 6.07) is 3.14. The molecule has 1 aromatic rings. The molecule has 0 heterocycles. The molecule has 5 heteroatoms. The van der Waals surface area contributed by atoms with E-state index in [-0.39, 0.29) is 29.0 Å². The van der Waals surface area contributed by atoms with Crippen LogP contribution in [0.5, 0.6) is 0 Å². The minimum Gasteiger partial charge on any atom is -0.396 e. The first kappa shape index (κ1) is 14.1. The van der Waals surface area contributed by atoms with Crippen molar-refractivity contribution in [2.24, 2.45) is 0 Å². The topological polar surface area (TPSA) is 37.3 Å². The van der Waals surface area contributed by atoms with E-state index in [1.165, 1.54) is 17.8 Å². The molecule has 1 rings (SSSR count). The molecule has 0 amide bonds. The molecular weight excluding hydrogens is 246 g/mol. The van der Waals surface area contributed by atoms with Crippen molar-refractivity contribution in [1.29, 1.82) is 0 Å². The Morgan fingerprint density at radius 1 is 1.41 bits per heavy atom. The second kappa shape index (κ2) is 6.71. The van der Waals surface area contributed by atoms with E-state index in [4.69, 9.17) is 5.11 Å². The van der Waals surface area contributed by atoms with Gasteiger partial charge in [0.05, 0.1) is 5.75 Å². The van der Waals surface area contributed by atoms with E-state index in [1.807, 2.05) is 6.92 Å². The van der Waals surface area contributed by atoms with Gasteiger partial charge in [0.25, 0.3) is 0 Å². The number of hydrogen-bond donors (Lipinski definition) is 1. The van der Waals surface area contributed by atoms with Gasteiger partial charge < -0.3 is 5.11 Å². The number of rotatable bonds is 6. The Morgan fingerprint density at radius 2 is 2.12 bits per heavy atom. The molecule has 0 aromatic heterocycles. The van der Waals surface area contributed by atoms with Crippen molar-refractivity contribution in [3.63, 3.8) is 0 Å². The van der Waals surface area contributed by atoms with Gasteiger partial charge in [-0.2, -0.15) is 11.8 Å². The Bertz CT molecular complexity index is 396. The van der Waals surface area contributed by atoms with Gasteiger partial charge >= 0.3 is 0 Å². The molecule has 0 aliphatic heterocycles. The molecule has 0 spiro atoms. The Hall–Kier alpha value is -0.940. The number of aliphatic hydroxyl groups excluding tert-OH is 1. The number of aliphatic hydroxyl groups is 1. The summed E-state index contributed by atoms with van der Waals surface area (Å²) >= 11 is 1.39. The Morgan fingerprint density at radius 3 is 2.71 bits per heavy atom. The maximum absolute atomic E-state index is 12.9. The molecule has 0 fully saturated rings. The van der Waals surface area contributed by atoms with E-state index in [0.717, 1.165) is 12.1 Å². The van der Waals surface area contributed by atoms with Crippen LogP contribution in [0.4, 0.5) is 8.78 Å². The zero-order valence-corrected chi connectivity index (χ0v) is 10.3. The lowest BCUT2D eigenvalue weighted by atomic mass is 10.1. The fourth-order valence-corrected chi connectivity index (χ4v) is 2.11. The first-order chi connectivity index (χ1) is 8.04. The number of Topliss-reactive ketones (excluding diaryl/α,β-unsaturated/α-hetero) is 1. The van der Waals surface area contributed by atoms with E-state index in [2.05, 4.69) is 0 Å². The van der Waals surface area contributed by atoms with Crippen LogP contribution in [-0.2, 0) is 0 Å². The van der Waals surface area contributed by atoms with E-state index in [0.29, 0.717) is 6.42 Å². The molecule has 1 atom stereocenters. The van der Waals surface area contributed by atoms with Gasteiger partial charge in [0.2, 0.25) is 0 Å². The number of ketones is 1. The van der Waals surface area contributed by atoms with Crippen LogP contribution in [0.3, 0.4) is 0 Å². The first-order valence-electron chi connectivity index (χ1n) is 5.25. The summed E-state index contributed by atoms with van der Waals surface area (Å²) in [5, 5.41) is 8.86. The number of carbonyl (C=O) groups excluding carboxylic acids is 1. The van der Waals surface area contributed by atoms with Crippen LogP contribution >= 0.6 is 11.8 Å². The minimum atomic E-state index is -1.01. The summed E-state index contributed by atoms with van der Waals surface area (Å²) in [5.74, 6) is -2.00. The second-order valence-corrected chi connectivity index (χ2v) is 5.11. The lowest BCUT2D eigenvalue weighted by molar-refractivity contribution is 0.102. The Kier molecular flexibility index (Phi) is 5.58. The van der Waals surface area contributed by atoms with Crippen LogP contribution in [0.25, 0.3) is 0 Å². The number of carbonyl (C=O) groups is 1. The zero-order valence-electron chi connectivity index (χ0n) is 9.45. The van der Waals surface area contributed by atoms with Gasteiger partial charge in [-0.15, -0.1) is 0 Å². The molecule has 1 aromatic carbocycles. The lowest BCUT2D eigenvalue weighted by Gasteiger charge is -2.08. The van der Waals surface area contributed by atoms with Crippen LogP contribution in [0, 0.1) is 11.6 Å². The van der Waals surface area contributed by atoms with Crippen molar-refractivity contribution in [1.82, 2.24) is 0 Å². The molecule has 0 bridgehead atoms. The van der Waals surface area contributed by atoms with Crippen molar-refractivity contribution in [2.75, 3.05) is 12.4 Å². The number of hydrogen-bond acceptors (Lipinski definition) is 3. The van der Waals surface area contributed by atoms with Gasteiger partial charge in [0, 0.05) is 17.4 Å². The second-order valence-electron chi connectivity index (χ2n) is 3.69. The zero-order chi connectivity index (χ0) is 12.8. The quantitative estimate of drug-likeness (QED) is 0.799. The fourth-order valence-electron chi connectivity index (χ4n) is 1.24. The first-order valence-corrected chi connectivity index (χ1v) is 6.30. The van der Waals surface area contributed by atoms with Gasteiger partial charge in [-0.1, -0.05) is 6.92 Å². The third kappa shape index (κ3) is 4.44. The predicted molar refractivity (Wildman–Crippen MR) is 64.3 cm³/mol. The van der Waals surface area contributed by atoms with E-state index in [9.17, 15) is 13.6 Å². The highest BCUT2D eigenvalue weighted by molar-refractivity contribution is 8.00. The summed E-state index contributed by atoms with van der Waals surface area (Å²) < 4.78 is 25.5. The molecule has 94 valence electrons. The summed E-state index contributed by atoms with van der Waals surface area (Å²) in [7, 11) is 0. The Balaban J connectivity index is 2.55. The summed E-state index contributed by atoms with van der Waals surface area (Å²) in [5.41, 5.74) is 0.174. The monoisotopic (exact) mass is 260 g/mol. The minimum absolute atomic E-state index is 0.0769. The average Bonchev–Trinajstić information content (AvgIpc) is 2.30. The van der Waals surface area contributed by atoms with Crippen LogP contribution < -0.4 is 0 Å². The highest BCUT2D eigenvalue weighted by atomic mass is 32.2. The van der Waals surface area contributed by atoms with Crippen LogP contribution in [0.2, 0.25) is 0 Å². The van der Waals surface area contributed by atoms with Gasteiger partial charge in [-0.25, -0.2) is 8.78 Å². The van der Waals surface area contributed by atoms with E-state index in [1.54, 1.807) is 0 Å². The highest BCUT2D eigenvalue weighted by Gasteiger charge is 2.11. The number of halogens is 2. The van der Waals surface area contributed by atoms with E-state index < -0.39 is 11.6 Å². The van der Waals surface area contributed by atoms with Crippen molar-refractivity contribution in [3.8, 4) is 0 Å². The molecule has 0 aliphatic rings. The third-order valence-electron chi connectivity index (χ3n) is 2.28. The molecule has 0 saturated carbocycles. The SMILES string of the molecule is CC(CCO)SCC(=O)c1ccc(F)c(F)c1. The Labute approximate surface area is 103 Å². The fraction of sp³-hybridized carbons (Fsp3) is 0.417. The average molecular weight is 260 g/mol. The van der Waals surface area contributed by atoms with E-state index >= 15 is 0 Å². The molecule has 0 radical (unpaired) electrons. The highest BCUT2D eigenvalue weighted by Crippen LogP contribution is 2.17. The largest absolute Gasteiger partial charge is 0.396 e. The smallest absolute Gasteiger partial charge is 0.172 e. The third-order valence-corrected chi connectivity index (χ3v) is 3.51. The maximum atomic E-state index is 12.9. The van der Waals surface area contributed by atoms with Crippen molar-refractivity contribution < 1.29 is 18.7 Å². The summed E-state index contributed by atoms with van der Waals surface area (Å²) in [6.07, 6.45) is 0.607. The van der Waals surface area contributed by atoms with Crippen molar-refractivity contribution >= 4 is 17.5 Å². The number of benzene rings is 1. The van der Waals surface area contributed by atoms with Crippen molar-refractivity contribution in [2.45, 2.75) is 18.6 Å². The molecule has 17 heavy (non-hydrogen) atoms. The van der Waals surface area contributed by atoms with Crippen LogP contribution in [0.15, 0.2) is 18.2 Å². The van der Waals surface area contributed by atoms with Crippen LogP contribution in [-0.4, -0.2) is 28.5 Å². The molecule has 1 N–H and O–H groups in total.